The van der Waals surface area contributed by atoms with Gasteiger partial charge in [0.1, 0.15) is 0 Å². The summed E-state index contributed by atoms with van der Waals surface area (Å²) in [5, 5.41) is 14.3. The minimum atomic E-state index is -0.102. The predicted molar refractivity (Wildman–Crippen MR) is 86.0 cm³/mol. The van der Waals surface area contributed by atoms with Crippen molar-refractivity contribution in [1.29, 1.82) is 0 Å². The first-order valence-electron chi connectivity index (χ1n) is 6.76. The lowest BCUT2D eigenvalue weighted by molar-refractivity contribution is 0.102. The van der Waals surface area contributed by atoms with Crippen molar-refractivity contribution in [3.05, 3.63) is 45.6 Å². The molecule has 22 heavy (non-hydrogen) atoms. The fourth-order valence-corrected chi connectivity index (χ4v) is 3.19. The SMILES string of the molecule is Cc1cc(C(=O)Nc2cccc(-c3nnnn3C)c2)c(C)s1. The zero-order valence-electron chi connectivity index (χ0n) is 12.5. The molecule has 0 saturated carbocycles. The summed E-state index contributed by atoms with van der Waals surface area (Å²) in [5.41, 5.74) is 2.28. The summed E-state index contributed by atoms with van der Waals surface area (Å²) >= 11 is 1.62. The van der Waals surface area contributed by atoms with E-state index >= 15 is 0 Å². The minimum Gasteiger partial charge on any atom is -0.322 e. The van der Waals surface area contributed by atoms with Crippen LogP contribution in [0.4, 0.5) is 5.69 Å². The van der Waals surface area contributed by atoms with E-state index < -0.39 is 0 Å². The molecule has 0 unspecified atom stereocenters. The van der Waals surface area contributed by atoms with Gasteiger partial charge in [0.25, 0.3) is 5.91 Å². The second-order valence-electron chi connectivity index (χ2n) is 4.99. The Balaban J connectivity index is 1.86. The first-order chi connectivity index (χ1) is 10.5. The molecule has 0 atom stereocenters. The lowest BCUT2D eigenvalue weighted by Crippen LogP contribution is -2.12. The van der Waals surface area contributed by atoms with E-state index in [1.54, 1.807) is 23.1 Å². The lowest BCUT2D eigenvalue weighted by Gasteiger charge is -2.06. The van der Waals surface area contributed by atoms with Crippen molar-refractivity contribution in [3.63, 3.8) is 0 Å². The number of hydrogen-bond donors (Lipinski definition) is 1. The Bertz CT molecular complexity index is 836. The van der Waals surface area contributed by atoms with Gasteiger partial charge in [0.05, 0.1) is 5.56 Å². The fraction of sp³-hybridized carbons (Fsp3) is 0.200. The molecule has 7 heteroatoms. The van der Waals surface area contributed by atoms with Gasteiger partial charge >= 0.3 is 0 Å². The van der Waals surface area contributed by atoms with Gasteiger partial charge in [0.15, 0.2) is 5.82 Å². The van der Waals surface area contributed by atoms with Crippen LogP contribution >= 0.6 is 11.3 Å². The third kappa shape index (κ3) is 2.75. The predicted octanol–water partition coefficient (Wildman–Crippen LogP) is 2.81. The minimum absolute atomic E-state index is 0.102. The van der Waals surface area contributed by atoms with Crippen molar-refractivity contribution in [2.24, 2.45) is 7.05 Å². The molecule has 0 aliphatic rings. The van der Waals surface area contributed by atoms with Gasteiger partial charge in [-0.1, -0.05) is 12.1 Å². The standard InChI is InChI=1S/C15H15N5OS/c1-9-7-13(10(2)22-9)15(21)16-12-6-4-5-11(8-12)14-17-18-19-20(14)3/h4-8H,1-3H3,(H,16,21). The summed E-state index contributed by atoms with van der Waals surface area (Å²) in [6.07, 6.45) is 0. The fourth-order valence-electron chi connectivity index (χ4n) is 2.26. The van der Waals surface area contributed by atoms with Crippen LogP contribution in [0.25, 0.3) is 11.4 Å². The van der Waals surface area contributed by atoms with E-state index in [-0.39, 0.29) is 5.91 Å². The number of hydrogen-bond acceptors (Lipinski definition) is 5. The Morgan fingerprint density at radius 1 is 1.27 bits per heavy atom. The van der Waals surface area contributed by atoms with Crippen LogP contribution in [-0.2, 0) is 7.05 Å². The second-order valence-corrected chi connectivity index (χ2v) is 6.45. The van der Waals surface area contributed by atoms with E-state index in [0.717, 1.165) is 15.3 Å². The van der Waals surface area contributed by atoms with E-state index in [4.69, 9.17) is 0 Å². The molecule has 0 bridgehead atoms. The third-order valence-corrected chi connectivity index (χ3v) is 4.25. The van der Waals surface area contributed by atoms with Crippen LogP contribution in [0.1, 0.15) is 20.1 Å². The summed E-state index contributed by atoms with van der Waals surface area (Å²) in [5.74, 6) is 0.550. The van der Waals surface area contributed by atoms with Crippen LogP contribution in [0.3, 0.4) is 0 Å². The maximum Gasteiger partial charge on any atom is 0.256 e. The highest BCUT2D eigenvalue weighted by Gasteiger charge is 2.13. The molecule has 0 aliphatic heterocycles. The zero-order valence-corrected chi connectivity index (χ0v) is 13.3. The maximum atomic E-state index is 12.4. The van der Waals surface area contributed by atoms with E-state index in [1.165, 1.54) is 0 Å². The molecular weight excluding hydrogens is 298 g/mol. The number of nitrogens with one attached hydrogen (secondary N) is 1. The van der Waals surface area contributed by atoms with Crippen LogP contribution in [0, 0.1) is 13.8 Å². The Hall–Kier alpha value is -2.54. The van der Waals surface area contributed by atoms with E-state index in [2.05, 4.69) is 20.8 Å². The number of anilines is 1. The Labute approximate surface area is 131 Å². The number of carbonyl (C=O) groups is 1. The van der Waals surface area contributed by atoms with Crippen molar-refractivity contribution < 1.29 is 4.79 Å². The smallest absolute Gasteiger partial charge is 0.256 e. The Morgan fingerprint density at radius 3 is 2.73 bits per heavy atom. The molecule has 6 nitrogen and oxygen atoms in total. The first kappa shape index (κ1) is 14.4. The number of tetrazole rings is 1. The second kappa shape index (κ2) is 5.69. The number of aromatic nitrogens is 4. The number of thiophene rings is 1. The van der Waals surface area contributed by atoms with Crippen molar-refractivity contribution in [1.82, 2.24) is 20.2 Å². The lowest BCUT2D eigenvalue weighted by atomic mass is 10.1. The molecule has 3 aromatic rings. The van der Waals surface area contributed by atoms with Crippen molar-refractivity contribution >= 4 is 22.9 Å². The number of amides is 1. The highest BCUT2D eigenvalue weighted by molar-refractivity contribution is 7.12. The van der Waals surface area contributed by atoms with Gasteiger partial charge in [-0.25, -0.2) is 4.68 Å². The number of benzene rings is 1. The molecule has 0 saturated heterocycles. The van der Waals surface area contributed by atoms with Gasteiger partial charge in [-0.2, -0.15) is 0 Å². The van der Waals surface area contributed by atoms with Crippen molar-refractivity contribution in [2.45, 2.75) is 13.8 Å². The zero-order chi connectivity index (χ0) is 15.7. The Morgan fingerprint density at radius 2 is 2.09 bits per heavy atom. The molecule has 0 radical (unpaired) electrons. The highest BCUT2D eigenvalue weighted by Crippen LogP contribution is 2.23. The summed E-state index contributed by atoms with van der Waals surface area (Å²) in [7, 11) is 1.78. The van der Waals surface area contributed by atoms with Crippen molar-refractivity contribution in [3.8, 4) is 11.4 Å². The molecule has 0 spiro atoms. The normalized spacial score (nSPS) is 10.7. The van der Waals surface area contributed by atoms with Crippen LogP contribution < -0.4 is 5.32 Å². The summed E-state index contributed by atoms with van der Waals surface area (Å²) in [6, 6.07) is 9.39. The average molecular weight is 313 g/mol. The van der Waals surface area contributed by atoms with Gasteiger partial charge in [-0.15, -0.1) is 16.4 Å². The van der Waals surface area contributed by atoms with Gasteiger partial charge in [-0.3, -0.25) is 4.79 Å². The third-order valence-electron chi connectivity index (χ3n) is 3.28. The van der Waals surface area contributed by atoms with Gasteiger partial charge in [-0.05, 0) is 42.5 Å². The molecule has 2 aromatic heterocycles. The number of rotatable bonds is 3. The highest BCUT2D eigenvalue weighted by atomic mass is 32.1. The number of carbonyl (C=O) groups excluding carboxylic acids is 1. The molecule has 3 rings (SSSR count). The van der Waals surface area contributed by atoms with E-state index in [0.29, 0.717) is 17.1 Å². The number of nitrogens with zero attached hydrogens (tertiary/aromatic N) is 4. The van der Waals surface area contributed by atoms with Crippen LogP contribution in [-0.4, -0.2) is 26.1 Å². The average Bonchev–Trinajstić information content (AvgIpc) is 3.04. The largest absolute Gasteiger partial charge is 0.322 e. The van der Waals surface area contributed by atoms with E-state index in [9.17, 15) is 4.79 Å². The molecule has 0 aliphatic carbocycles. The van der Waals surface area contributed by atoms with E-state index in [1.807, 2.05) is 44.2 Å². The van der Waals surface area contributed by atoms with Gasteiger partial charge in [0.2, 0.25) is 0 Å². The number of aryl methyl sites for hydroxylation is 3. The van der Waals surface area contributed by atoms with Gasteiger partial charge < -0.3 is 5.32 Å². The van der Waals surface area contributed by atoms with Crippen LogP contribution in [0.15, 0.2) is 30.3 Å². The molecular formula is C15H15N5OS. The molecule has 1 amide bonds. The summed E-state index contributed by atoms with van der Waals surface area (Å²) < 4.78 is 1.59. The van der Waals surface area contributed by atoms with Gasteiger partial charge in [0, 0.05) is 28.1 Å². The monoisotopic (exact) mass is 313 g/mol. The molecule has 2 heterocycles. The summed E-state index contributed by atoms with van der Waals surface area (Å²) in [4.78, 5) is 14.5. The molecule has 112 valence electrons. The van der Waals surface area contributed by atoms with Crippen molar-refractivity contribution in [2.75, 3.05) is 5.32 Å². The Kier molecular flexibility index (Phi) is 3.72. The quantitative estimate of drug-likeness (QED) is 0.807. The topological polar surface area (TPSA) is 72.7 Å². The van der Waals surface area contributed by atoms with Crippen LogP contribution in [0.5, 0.6) is 0 Å². The molecule has 1 N–H and O–H groups in total. The summed E-state index contributed by atoms with van der Waals surface area (Å²) in [6.45, 7) is 3.95. The molecule has 0 fully saturated rings. The first-order valence-corrected chi connectivity index (χ1v) is 7.57. The van der Waals surface area contributed by atoms with Crippen LogP contribution in [0.2, 0.25) is 0 Å². The maximum absolute atomic E-state index is 12.4. The molecule has 1 aromatic carbocycles.